The van der Waals surface area contributed by atoms with Gasteiger partial charge in [-0.15, -0.1) is 23.2 Å². The molecular formula is C9H9Cl2N3O3. The van der Waals surface area contributed by atoms with E-state index in [1.165, 1.54) is 6.21 Å². The normalized spacial score (nSPS) is 28.1. The zero-order chi connectivity index (χ0) is 12.6. The third-order valence-corrected chi connectivity index (χ3v) is 3.50. The summed E-state index contributed by atoms with van der Waals surface area (Å²) < 4.78 is -0.732. The molecule has 0 bridgehead atoms. The fraction of sp³-hybridized carbons (Fsp3) is 0.556. The summed E-state index contributed by atoms with van der Waals surface area (Å²) in [6.45, 7) is 0.359. The third kappa shape index (κ3) is 2.76. The molecule has 8 heteroatoms. The van der Waals surface area contributed by atoms with Crippen molar-refractivity contribution in [3.05, 3.63) is 0 Å². The van der Waals surface area contributed by atoms with Gasteiger partial charge in [-0.25, -0.2) is 4.79 Å². The summed E-state index contributed by atoms with van der Waals surface area (Å²) in [4.78, 5) is 37.3. The van der Waals surface area contributed by atoms with E-state index in [1.54, 1.807) is 0 Å². The number of barbiturate groups is 1. The van der Waals surface area contributed by atoms with Gasteiger partial charge in [0.1, 0.15) is 4.33 Å². The quantitative estimate of drug-likeness (QED) is 0.440. The first-order chi connectivity index (χ1) is 7.90. The lowest BCUT2D eigenvalue weighted by molar-refractivity contribution is -0.132. The molecule has 2 aliphatic rings. The predicted molar refractivity (Wildman–Crippen MR) is 61.1 cm³/mol. The average Bonchev–Trinajstić information content (AvgIpc) is 2.78. The Morgan fingerprint density at radius 1 is 1.29 bits per heavy atom. The van der Waals surface area contributed by atoms with Crippen LogP contribution in [0, 0.1) is 11.8 Å². The van der Waals surface area contributed by atoms with Crippen molar-refractivity contribution in [2.45, 2.75) is 10.8 Å². The Labute approximate surface area is 107 Å². The molecule has 17 heavy (non-hydrogen) atoms. The van der Waals surface area contributed by atoms with E-state index in [-0.39, 0.29) is 5.92 Å². The van der Waals surface area contributed by atoms with Gasteiger partial charge in [0.2, 0.25) is 11.8 Å². The van der Waals surface area contributed by atoms with E-state index in [2.05, 4.69) is 4.99 Å². The first-order valence-corrected chi connectivity index (χ1v) is 5.69. The molecule has 2 N–H and O–H groups in total. The molecular weight excluding hydrogens is 269 g/mol. The standard InChI is InChI=1S/C9H9Cl2N3O3/c10-9(11)1-4(9)2-12-3-5-6(15)13-8(17)14-7(5)16/h3-5H,1-2H2,(H2,13,14,15,16,17)/t4-/m0/s1. The van der Waals surface area contributed by atoms with Crippen molar-refractivity contribution in [3.63, 3.8) is 0 Å². The third-order valence-electron chi connectivity index (χ3n) is 2.57. The number of hydrogen-bond donors (Lipinski definition) is 2. The van der Waals surface area contributed by atoms with Crippen LogP contribution in [0.15, 0.2) is 4.99 Å². The number of nitrogens with zero attached hydrogens (tertiary/aromatic N) is 1. The second-order valence-electron chi connectivity index (χ2n) is 3.96. The van der Waals surface area contributed by atoms with Crippen LogP contribution in [0.25, 0.3) is 0 Å². The second-order valence-corrected chi connectivity index (χ2v) is 5.50. The maximum Gasteiger partial charge on any atom is 0.328 e. The molecule has 92 valence electrons. The van der Waals surface area contributed by atoms with E-state index in [0.29, 0.717) is 13.0 Å². The largest absolute Gasteiger partial charge is 0.328 e. The summed E-state index contributed by atoms with van der Waals surface area (Å²) in [5, 5.41) is 3.95. The molecule has 0 aromatic rings. The van der Waals surface area contributed by atoms with Crippen molar-refractivity contribution < 1.29 is 14.4 Å². The van der Waals surface area contributed by atoms with Crippen molar-refractivity contribution in [3.8, 4) is 0 Å². The van der Waals surface area contributed by atoms with Gasteiger partial charge in [-0.05, 0) is 6.42 Å². The molecule has 2 rings (SSSR count). The Hall–Kier alpha value is -1.14. The number of hydrogen-bond acceptors (Lipinski definition) is 4. The number of amides is 4. The van der Waals surface area contributed by atoms with Crippen molar-refractivity contribution in [1.82, 2.24) is 10.6 Å². The fourth-order valence-corrected chi connectivity index (χ4v) is 1.94. The Kier molecular flexibility index (Phi) is 3.09. The van der Waals surface area contributed by atoms with Crippen LogP contribution in [0.3, 0.4) is 0 Å². The summed E-state index contributed by atoms with van der Waals surface area (Å²) in [7, 11) is 0. The Morgan fingerprint density at radius 3 is 2.29 bits per heavy atom. The van der Waals surface area contributed by atoms with Crippen LogP contribution in [0.4, 0.5) is 4.79 Å². The van der Waals surface area contributed by atoms with Gasteiger partial charge in [-0.2, -0.15) is 0 Å². The van der Waals surface area contributed by atoms with Crippen LogP contribution in [-0.4, -0.2) is 34.9 Å². The lowest BCUT2D eigenvalue weighted by Gasteiger charge is -2.16. The topological polar surface area (TPSA) is 87.6 Å². The summed E-state index contributed by atoms with van der Waals surface area (Å²) in [5.41, 5.74) is 0. The average molecular weight is 278 g/mol. The van der Waals surface area contributed by atoms with Gasteiger partial charge in [0, 0.05) is 18.7 Å². The van der Waals surface area contributed by atoms with Crippen LogP contribution in [0.5, 0.6) is 0 Å². The van der Waals surface area contributed by atoms with Gasteiger partial charge in [-0.1, -0.05) is 0 Å². The van der Waals surface area contributed by atoms with Crippen LogP contribution in [-0.2, 0) is 9.59 Å². The lowest BCUT2D eigenvalue weighted by atomic mass is 10.1. The van der Waals surface area contributed by atoms with Gasteiger partial charge in [0.25, 0.3) is 0 Å². The molecule has 1 atom stereocenters. The number of carbonyl (C=O) groups is 3. The van der Waals surface area contributed by atoms with E-state index in [0.717, 1.165) is 0 Å². The highest BCUT2D eigenvalue weighted by Gasteiger charge is 2.51. The molecule has 1 saturated carbocycles. The SMILES string of the molecule is O=C1NC(=O)C(C=NC[C@@H]2CC2(Cl)Cl)C(=O)N1. The minimum absolute atomic E-state index is 0.0541. The van der Waals surface area contributed by atoms with Crippen LogP contribution in [0.2, 0.25) is 0 Å². The smallest absolute Gasteiger partial charge is 0.296 e. The summed E-state index contributed by atoms with van der Waals surface area (Å²) in [5.74, 6) is -2.38. The lowest BCUT2D eigenvalue weighted by Crippen LogP contribution is -2.56. The van der Waals surface area contributed by atoms with Gasteiger partial charge in [-0.3, -0.25) is 25.2 Å². The molecule has 0 radical (unpaired) electrons. The van der Waals surface area contributed by atoms with E-state index in [1.807, 2.05) is 10.6 Å². The van der Waals surface area contributed by atoms with E-state index in [9.17, 15) is 14.4 Å². The minimum atomic E-state index is -1.08. The highest BCUT2D eigenvalue weighted by atomic mass is 35.5. The summed E-state index contributed by atoms with van der Waals surface area (Å²) >= 11 is 11.6. The minimum Gasteiger partial charge on any atom is -0.296 e. The van der Waals surface area contributed by atoms with Crippen LogP contribution in [0.1, 0.15) is 6.42 Å². The number of urea groups is 1. The molecule has 1 aliphatic heterocycles. The predicted octanol–water partition coefficient (Wildman–Crippen LogP) is 0.233. The Balaban J connectivity index is 1.90. The molecule has 2 fully saturated rings. The van der Waals surface area contributed by atoms with Crippen molar-refractivity contribution >= 4 is 47.3 Å². The molecule has 1 aliphatic carbocycles. The monoisotopic (exact) mass is 277 g/mol. The zero-order valence-electron chi connectivity index (χ0n) is 8.57. The molecule has 4 amide bonds. The van der Waals surface area contributed by atoms with Gasteiger partial charge in [0.05, 0.1) is 0 Å². The van der Waals surface area contributed by atoms with Gasteiger partial charge in [0.15, 0.2) is 5.92 Å². The number of rotatable bonds is 3. The number of nitrogens with one attached hydrogen (secondary N) is 2. The second kappa shape index (κ2) is 4.27. The first-order valence-electron chi connectivity index (χ1n) is 4.93. The molecule has 0 spiro atoms. The Morgan fingerprint density at radius 2 is 1.82 bits per heavy atom. The highest BCUT2D eigenvalue weighted by Crippen LogP contribution is 2.53. The molecule has 6 nitrogen and oxygen atoms in total. The zero-order valence-corrected chi connectivity index (χ0v) is 10.1. The van der Waals surface area contributed by atoms with E-state index < -0.39 is 28.1 Å². The molecule has 0 aromatic carbocycles. The molecule has 1 heterocycles. The Bertz CT molecular complexity index is 402. The van der Waals surface area contributed by atoms with Gasteiger partial charge < -0.3 is 0 Å². The van der Waals surface area contributed by atoms with Crippen LogP contribution < -0.4 is 10.6 Å². The highest BCUT2D eigenvalue weighted by molar-refractivity contribution is 6.50. The fourth-order valence-electron chi connectivity index (χ4n) is 1.43. The van der Waals surface area contributed by atoms with Crippen molar-refractivity contribution in [2.24, 2.45) is 16.8 Å². The first kappa shape index (κ1) is 12.3. The number of carbonyl (C=O) groups excluding carboxylic acids is 3. The van der Waals surface area contributed by atoms with E-state index >= 15 is 0 Å². The maximum absolute atomic E-state index is 11.3. The number of halogens is 2. The van der Waals surface area contributed by atoms with Gasteiger partial charge >= 0.3 is 6.03 Å². The number of aliphatic imine (C=N–C) groups is 1. The number of imide groups is 2. The summed E-state index contributed by atoms with van der Waals surface area (Å²) in [6.07, 6.45) is 1.86. The molecule has 0 unspecified atom stereocenters. The number of alkyl halides is 2. The maximum atomic E-state index is 11.3. The van der Waals surface area contributed by atoms with Crippen molar-refractivity contribution in [2.75, 3.05) is 6.54 Å². The van der Waals surface area contributed by atoms with E-state index in [4.69, 9.17) is 23.2 Å². The summed E-state index contributed by atoms with van der Waals surface area (Å²) in [6, 6.07) is -0.813. The van der Waals surface area contributed by atoms with Crippen molar-refractivity contribution in [1.29, 1.82) is 0 Å². The molecule has 0 aromatic heterocycles. The molecule has 1 saturated heterocycles. The van der Waals surface area contributed by atoms with Crippen LogP contribution >= 0.6 is 23.2 Å².